The molecule has 2 unspecified atom stereocenters. The second-order valence-electron chi connectivity index (χ2n) is 7.58. The fourth-order valence-corrected chi connectivity index (χ4v) is 5.23. The standard InChI is InChI=1S/C19H28N2O4S/c1-14-8-10-20(11-9-14)19(22)17-4-6-18(7-5-17)26(23,24)21-12-15(2)25-16(3)13-21/h4-7,14-16H,8-13H2,1-3H3. The molecule has 26 heavy (non-hydrogen) atoms. The molecule has 0 aromatic heterocycles. The van der Waals surface area contributed by atoms with E-state index in [1.54, 1.807) is 24.3 Å². The van der Waals surface area contributed by atoms with Crippen molar-refractivity contribution in [1.29, 1.82) is 0 Å². The molecule has 1 aromatic rings. The Hall–Kier alpha value is -1.44. The molecule has 7 heteroatoms. The Balaban J connectivity index is 1.73. The number of carbonyl (C=O) groups excluding carboxylic acids is 1. The van der Waals surface area contributed by atoms with Crippen molar-refractivity contribution in [2.75, 3.05) is 26.2 Å². The van der Waals surface area contributed by atoms with Crippen molar-refractivity contribution in [2.45, 2.75) is 50.7 Å². The number of rotatable bonds is 3. The van der Waals surface area contributed by atoms with Gasteiger partial charge >= 0.3 is 0 Å². The first kappa shape index (κ1) is 19.3. The molecule has 6 nitrogen and oxygen atoms in total. The van der Waals surface area contributed by atoms with E-state index in [-0.39, 0.29) is 23.0 Å². The predicted octanol–water partition coefficient (Wildman–Crippen LogP) is 2.36. The molecule has 0 N–H and O–H groups in total. The Bertz CT molecular complexity index is 729. The van der Waals surface area contributed by atoms with E-state index in [4.69, 9.17) is 4.74 Å². The van der Waals surface area contributed by atoms with Crippen LogP contribution in [-0.2, 0) is 14.8 Å². The normalized spacial score (nSPS) is 26.0. The minimum atomic E-state index is -3.57. The Morgan fingerprint density at radius 3 is 2.08 bits per heavy atom. The minimum absolute atomic E-state index is 0.0190. The van der Waals surface area contributed by atoms with Crippen LogP contribution < -0.4 is 0 Å². The largest absolute Gasteiger partial charge is 0.373 e. The van der Waals surface area contributed by atoms with E-state index in [9.17, 15) is 13.2 Å². The highest BCUT2D eigenvalue weighted by Gasteiger charge is 2.32. The van der Waals surface area contributed by atoms with Crippen LogP contribution in [0.3, 0.4) is 0 Å². The maximum absolute atomic E-state index is 12.9. The summed E-state index contributed by atoms with van der Waals surface area (Å²) in [5.41, 5.74) is 0.544. The van der Waals surface area contributed by atoms with Crippen molar-refractivity contribution >= 4 is 15.9 Å². The lowest BCUT2D eigenvalue weighted by Crippen LogP contribution is -2.48. The smallest absolute Gasteiger partial charge is 0.253 e. The molecular formula is C19H28N2O4S. The van der Waals surface area contributed by atoms with Crippen LogP contribution in [-0.4, -0.2) is 61.9 Å². The molecule has 144 valence electrons. The van der Waals surface area contributed by atoms with Crippen LogP contribution in [0.15, 0.2) is 29.2 Å². The molecule has 1 amide bonds. The van der Waals surface area contributed by atoms with Crippen LogP contribution in [0.5, 0.6) is 0 Å². The topological polar surface area (TPSA) is 66.9 Å². The van der Waals surface area contributed by atoms with Crippen LogP contribution in [0.1, 0.15) is 44.0 Å². The fraction of sp³-hybridized carbons (Fsp3) is 0.632. The molecule has 2 heterocycles. The average molecular weight is 381 g/mol. The summed E-state index contributed by atoms with van der Waals surface area (Å²) in [7, 11) is -3.57. The lowest BCUT2D eigenvalue weighted by atomic mass is 9.98. The van der Waals surface area contributed by atoms with Crippen molar-refractivity contribution in [2.24, 2.45) is 5.92 Å². The summed E-state index contributed by atoms with van der Waals surface area (Å²) in [5, 5.41) is 0. The molecule has 0 bridgehead atoms. The number of hydrogen-bond donors (Lipinski definition) is 0. The molecule has 2 aliphatic rings. The van der Waals surface area contributed by atoms with Gasteiger partial charge in [0.05, 0.1) is 17.1 Å². The number of carbonyl (C=O) groups is 1. The van der Waals surface area contributed by atoms with Crippen molar-refractivity contribution in [1.82, 2.24) is 9.21 Å². The molecule has 0 radical (unpaired) electrons. The predicted molar refractivity (Wildman–Crippen MR) is 99.5 cm³/mol. The average Bonchev–Trinajstić information content (AvgIpc) is 2.61. The SMILES string of the molecule is CC1CCN(C(=O)c2ccc(S(=O)(=O)N3CC(C)OC(C)C3)cc2)CC1. The first-order valence-electron chi connectivity index (χ1n) is 9.32. The van der Waals surface area contributed by atoms with Crippen LogP contribution >= 0.6 is 0 Å². The summed E-state index contributed by atoms with van der Waals surface area (Å²) in [5.74, 6) is 0.638. The van der Waals surface area contributed by atoms with Crippen LogP contribution in [0, 0.1) is 5.92 Å². The summed E-state index contributed by atoms with van der Waals surface area (Å²) in [6.45, 7) is 8.18. The van der Waals surface area contributed by atoms with E-state index < -0.39 is 10.0 Å². The molecule has 0 saturated carbocycles. The van der Waals surface area contributed by atoms with E-state index in [0.29, 0.717) is 24.6 Å². The summed E-state index contributed by atoms with van der Waals surface area (Å²) < 4.78 is 32.8. The van der Waals surface area contributed by atoms with E-state index >= 15 is 0 Å². The molecule has 0 aliphatic carbocycles. The minimum Gasteiger partial charge on any atom is -0.373 e. The van der Waals surface area contributed by atoms with Gasteiger partial charge in [0.2, 0.25) is 10.0 Å². The number of amides is 1. The van der Waals surface area contributed by atoms with E-state index in [2.05, 4.69) is 6.92 Å². The third-order valence-electron chi connectivity index (χ3n) is 5.20. The number of ether oxygens (including phenoxy) is 1. The molecule has 2 saturated heterocycles. The van der Waals surface area contributed by atoms with Crippen molar-refractivity contribution in [3.8, 4) is 0 Å². The van der Waals surface area contributed by atoms with Gasteiger partial charge in [-0.3, -0.25) is 4.79 Å². The Morgan fingerprint density at radius 2 is 1.54 bits per heavy atom. The van der Waals surface area contributed by atoms with Gasteiger partial charge in [0.25, 0.3) is 5.91 Å². The number of morpholine rings is 1. The quantitative estimate of drug-likeness (QED) is 0.807. The second kappa shape index (κ2) is 7.66. The van der Waals surface area contributed by atoms with Gasteiger partial charge in [0, 0.05) is 31.7 Å². The molecule has 2 atom stereocenters. The van der Waals surface area contributed by atoms with Gasteiger partial charge in [-0.1, -0.05) is 6.92 Å². The Kier molecular flexibility index (Phi) is 5.69. The maximum Gasteiger partial charge on any atom is 0.253 e. The zero-order valence-electron chi connectivity index (χ0n) is 15.7. The van der Waals surface area contributed by atoms with Crippen molar-refractivity contribution < 1.29 is 17.9 Å². The van der Waals surface area contributed by atoms with Gasteiger partial charge in [-0.25, -0.2) is 8.42 Å². The Morgan fingerprint density at radius 1 is 1.00 bits per heavy atom. The summed E-state index contributed by atoms with van der Waals surface area (Å²) in [6, 6.07) is 6.33. The third-order valence-corrected chi connectivity index (χ3v) is 7.04. The first-order chi connectivity index (χ1) is 12.3. The number of sulfonamides is 1. The molecule has 1 aromatic carbocycles. The van der Waals surface area contributed by atoms with Crippen LogP contribution in [0.25, 0.3) is 0 Å². The molecule has 0 spiro atoms. The highest BCUT2D eigenvalue weighted by molar-refractivity contribution is 7.89. The number of nitrogens with zero attached hydrogens (tertiary/aromatic N) is 2. The second-order valence-corrected chi connectivity index (χ2v) is 9.52. The summed E-state index contributed by atoms with van der Waals surface area (Å²) in [6.07, 6.45) is 1.78. The van der Waals surface area contributed by atoms with Gasteiger partial charge in [-0.15, -0.1) is 0 Å². The van der Waals surface area contributed by atoms with E-state index in [1.165, 1.54) is 4.31 Å². The van der Waals surface area contributed by atoms with Gasteiger partial charge in [-0.05, 0) is 56.9 Å². The molecular weight excluding hydrogens is 352 g/mol. The summed E-state index contributed by atoms with van der Waals surface area (Å²) >= 11 is 0. The zero-order chi connectivity index (χ0) is 18.9. The van der Waals surface area contributed by atoms with Crippen molar-refractivity contribution in [3.05, 3.63) is 29.8 Å². The fourth-order valence-electron chi connectivity index (χ4n) is 3.64. The molecule has 3 rings (SSSR count). The zero-order valence-corrected chi connectivity index (χ0v) is 16.5. The highest BCUT2D eigenvalue weighted by Crippen LogP contribution is 2.23. The van der Waals surface area contributed by atoms with Gasteiger partial charge in [-0.2, -0.15) is 4.31 Å². The first-order valence-corrected chi connectivity index (χ1v) is 10.8. The number of piperidine rings is 1. The highest BCUT2D eigenvalue weighted by atomic mass is 32.2. The van der Waals surface area contributed by atoms with Crippen molar-refractivity contribution in [3.63, 3.8) is 0 Å². The number of likely N-dealkylation sites (tertiary alicyclic amines) is 1. The molecule has 2 fully saturated rings. The maximum atomic E-state index is 12.9. The van der Waals surface area contributed by atoms with Gasteiger partial charge in [0.15, 0.2) is 0 Å². The molecule has 2 aliphatic heterocycles. The number of benzene rings is 1. The van der Waals surface area contributed by atoms with Gasteiger partial charge < -0.3 is 9.64 Å². The van der Waals surface area contributed by atoms with Gasteiger partial charge in [0.1, 0.15) is 0 Å². The monoisotopic (exact) mass is 380 g/mol. The third kappa shape index (κ3) is 4.10. The Labute approximate surface area is 156 Å². The number of hydrogen-bond acceptors (Lipinski definition) is 4. The lowest BCUT2D eigenvalue weighted by molar-refractivity contribution is -0.0440. The van der Waals surface area contributed by atoms with Crippen LogP contribution in [0.2, 0.25) is 0 Å². The summed E-state index contributed by atoms with van der Waals surface area (Å²) in [4.78, 5) is 14.7. The lowest BCUT2D eigenvalue weighted by Gasteiger charge is -2.34. The van der Waals surface area contributed by atoms with Crippen LogP contribution in [0.4, 0.5) is 0 Å². The van der Waals surface area contributed by atoms with E-state index in [0.717, 1.165) is 25.9 Å². The van der Waals surface area contributed by atoms with E-state index in [1.807, 2.05) is 18.7 Å².